The van der Waals surface area contributed by atoms with Crippen molar-refractivity contribution in [3.8, 4) is 0 Å². The fourth-order valence-electron chi connectivity index (χ4n) is 0.849. The first-order chi connectivity index (χ1) is 7.28. The predicted molar refractivity (Wildman–Crippen MR) is 54.0 cm³/mol. The normalized spacial score (nSPS) is 13.3. The Bertz CT molecular complexity index is 352. The van der Waals surface area contributed by atoms with Crippen molar-refractivity contribution in [1.29, 1.82) is 0 Å². The molecule has 94 valence electrons. The number of methoxy groups -OCH3 is 1. The largest absolute Gasteiger partial charge is 0.480 e. The van der Waals surface area contributed by atoms with E-state index in [4.69, 9.17) is 10.8 Å². The molecule has 0 saturated carbocycles. The number of nitrogens with two attached hydrogens (primary N) is 1. The fraction of sp³-hybridized carbons (Fsp3) is 0.714. The average Bonchev–Trinajstić information content (AvgIpc) is 2.12. The summed E-state index contributed by atoms with van der Waals surface area (Å²) in [6, 6.07) is -1.54. The lowest BCUT2D eigenvalue weighted by molar-refractivity contribution is -0.140. The lowest BCUT2D eigenvalue weighted by Crippen LogP contribution is -2.44. The van der Waals surface area contributed by atoms with Gasteiger partial charge >= 0.3 is 5.97 Å². The van der Waals surface area contributed by atoms with Crippen molar-refractivity contribution >= 4 is 21.9 Å². The number of aliphatic carboxylic acids is 1. The molecular formula is C7H14N2O6S. The number of amides is 1. The highest BCUT2D eigenvalue weighted by Crippen LogP contribution is 1.96. The molecule has 1 atom stereocenters. The molecule has 8 nitrogen and oxygen atoms in total. The molecule has 0 aromatic carbocycles. The van der Waals surface area contributed by atoms with Gasteiger partial charge in [0.05, 0.1) is 18.8 Å². The first-order valence-corrected chi connectivity index (χ1v) is 5.94. The zero-order valence-corrected chi connectivity index (χ0v) is 9.49. The molecule has 0 saturated heterocycles. The molecule has 0 spiro atoms. The summed E-state index contributed by atoms with van der Waals surface area (Å²) in [5, 5.41) is 8.64. The minimum absolute atomic E-state index is 0.0712. The maximum absolute atomic E-state index is 11.3. The summed E-state index contributed by atoms with van der Waals surface area (Å²) < 4.78 is 29.0. The third-order valence-electron chi connectivity index (χ3n) is 1.58. The molecule has 0 rings (SSSR count). The van der Waals surface area contributed by atoms with Gasteiger partial charge in [-0.1, -0.05) is 0 Å². The number of carbonyl (C=O) groups excluding carboxylic acids is 1. The highest BCUT2D eigenvalue weighted by molar-refractivity contribution is 7.89. The summed E-state index contributed by atoms with van der Waals surface area (Å²) >= 11 is 0. The summed E-state index contributed by atoms with van der Waals surface area (Å²) in [7, 11) is -2.48. The van der Waals surface area contributed by atoms with Crippen molar-refractivity contribution < 1.29 is 27.9 Å². The van der Waals surface area contributed by atoms with Gasteiger partial charge in [0, 0.05) is 7.11 Å². The summed E-state index contributed by atoms with van der Waals surface area (Å²) in [5.74, 6) is -2.74. The SMILES string of the molecule is COCCS(=O)(=O)NC(CC(N)=O)C(=O)O. The van der Waals surface area contributed by atoms with Crippen molar-refractivity contribution in [3.63, 3.8) is 0 Å². The molecule has 0 aromatic rings. The predicted octanol–water partition coefficient (Wildman–Crippen LogP) is -2.12. The molecule has 1 unspecified atom stereocenters. The van der Waals surface area contributed by atoms with Crippen LogP contribution in [0.15, 0.2) is 0 Å². The van der Waals surface area contributed by atoms with Gasteiger partial charge in [-0.05, 0) is 0 Å². The minimum Gasteiger partial charge on any atom is -0.480 e. The number of hydrogen-bond acceptors (Lipinski definition) is 5. The second-order valence-electron chi connectivity index (χ2n) is 2.99. The van der Waals surface area contributed by atoms with E-state index in [1.165, 1.54) is 7.11 Å². The number of ether oxygens (including phenoxy) is 1. The second kappa shape index (κ2) is 6.40. The molecule has 0 fully saturated rings. The molecule has 0 bridgehead atoms. The van der Waals surface area contributed by atoms with Gasteiger partial charge < -0.3 is 15.6 Å². The Kier molecular flexibility index (Phi) is 5.93. The van der Waals surface area contributed by atoms with Crippen LogP contribution in [0.5, 0.6) is 0 Å². The Balaban J connectivity index is 4.50. The summed E-state index contributed by atoms with van der Waals surface area (Å²) in [6.07, 6.45) is -0.596. The standard InChI is InChI=1S/C7H14N2O6S/c1-15-2-3-16(13,14)9-5(7(11)12)4-6(8)10/h5,9H,2-4H2,1H3,(H2,8,10)(H,11,12). The molecule has 9 heteroatoms. The van der Waals surface area contributed by atoms with E-state index in [-0.39, 0.29) is 12.4 Å². The number of carbonyl (C=O) groups is 2. The van der Waals surface area contributed by atoms with Gasteiger partial charge in [-0.25, -0.2) is 13.1 Å². The number of carboxylic acid groups (broad SMARTS) is 1. The molecule has 4 N–H and O–H groups in total. The topological polar surface area (TPSA) is 136 Å². The molecular weight excluding hydrogens is 240 g/mol. The van der Waals surface area contributed by atoms with Gasteiger partial charge in [-0.2, -0.15) is 0 Å². The van der Waals surface area contributed by atoms with Crippen LogP contribution in [0, 0.1) is 0 Å². The third-order valence-corrected chi connectivity index (χ3v) is 2.93. The Hall–Kier alpha value is -1.19. The van der Waals surface area contributed by atoms with Crippen LogP contribution in [-0.4, -0.2) is 50.9 Å². The van der Waals surface area contributed by atoms with Crippen LogP contribution in [0.25, 0.3) is 0 Å². The Morgan fingerprint density at radius 2 is 2.06 bits per heavy atom. The van der Waals surface area contributed by atoms with Crippen LogP contribution < -0.4 is 10.5 Å². The van der Waals surface area contributed by atoms with Crippen molar-refractivity contribution in [2.24, 2.45) is 5.73 Å². The highest BCUT2D eigenvalue weighted by Gasteiger charge is 2.25. The Morgan fingerprint density at radius 3 is 2.44 bits per heavy atom. The molecule has 0 radical (unpaired) electrons. The third kappa shape index (κ3) is 6.32. The zero-order valence-electron chi connectivity index (χ0n) is 8.67. The van der Waals surface area contributed by atoms with Crippen LogP contribution in [0.4, 0.5) is 0 Å². The number of primary amides is 1. The fourth-order valence-corrected chi connectivity index (χ4v) is 1.97. The second-order valence-corrected chi connectivity index (χ2v) is 4.86. The van der Waals surface area contributed by atoms with Crippen molar-refractivity contribution in [3.05, 3.63) is 0 Å². The van der Waals surface area contributed by atoms with E-state index in [1.807, 2.05) is 4.72 Å². The monoisotopic (exact) mass is 254 g/mol. The van der Waals surface area contributed by atoms with E-state index in [0.29, 0.717) is 0 Å². The Morgan fingerprint density at radius 1 is 1.50 bits per heavy atom. The van der Waals surface area contributed by atoms with Crippen LogP contribution in [0.2, 0.25) is 0 Å². The van der Waals surface area contributed by atoms with E-state index >= 15 is 0 Å². The zero-order chi connectivity index (χ0) is 12.8. The van der Waals surface area contributed by atoms with E-state index < -0.39 is 34.4 Å². The minimum atomic E-state index is -3.80. The van der Waals surface area contributed by atoms with Crippen LogP contribution in [-0.2, 0) is 24.3 Å². The summed E-state index contributed by atoms with van der Waals surface area (Å²) in [5.41, 5.74) is 4.79. The van der Waals surface area contributed by atoms with Crippen LogP contribution in [0.1, 0.15) is 6.42 Å². The number of hydrogen-bond donors (Lipinski definition) is 3. The smallest absolute Gasteiger partial charge is 0.322 e. The van der Waals surface area contributed by atoms with E-state index in [1.54, 1.807) is 0 Å². The first kappa shape index (κ1) is 14.8. The van der Waals surface area contributed by atoms with Gasteiger partial charge in [0.15, 0.2) is 0 Å². The summed E-state index contributed by atoms with van der Waals surface area (Å²) in [6.45, 7) is -0.0712. The summed E-state index contributed by atoms with van der Waals surface area (Å²) in [4.78, 5) is 21.1. The van der Waals surface area contributed by atoms with Crippen molar-refractivity contribution in [2.75, 3.05) is 19.5 Å². The maximum Gasteiger partial charge on any atom is 0.322 e. The average molecular weight is 254 g/mol. The molecule has 0 heterocycles. The van der Waals surface area contributed by atoms with E-state index in [2.05, 4.69) is 4.74 Å². The number of sulfonamides is 1. The van der Waals surface area contributed by atoms with Crippen molar-refractivity contribution in [1.82, 2.24) is 4.72 Å². The van der Waals surface area contributed by atoms with E-state index in [0.717, 1.165) is 0 Å². The number of rotatable bonds is 8. The van der Waals surface area contributed by atoms with Crippen LogP contribution in [0.3, 0.4) is 0 Å². The van der Waals surface area contributed by atoms with E-state index in [9.17, 15) is 18.0 Å². The maximum atomic E-state index is 11.3. The van der Waals surface area contributed by atoms with Gasteiger partial charge in [0.1, 0.15) is 6.04 Å². The highest BCUT2D eigenvalue weighted by atomic mass is 32.2. The van der Waals surface area contributed by atoms with Gasteiger partial charge in [-0.3, -0.25) is 9.59 Å². The molecule has 0 aromatic heterocycles. The van der Waals surface area contributed by atoms with Crippen molar-refractivity contribution in [2.45, 2.75) is 12.5 Å². The van der Waals surface area contributed by atoms with Gasteiger partial charge in [-0.15, -0.1) is 0 Å². The molecule has 0 aliphatic heterocycles. The molecule has 0 aliphatic carbocycles. The number of carboxylic acids is 1. The van der Waals surface area contributed by atoms with Gasteiger partial charge in [0.2, 0.25) is 15.9 Å². The number of nitrogens with one attached hydrogen (secondary N) is 1. The van der Waals surface area contributed by atoms with Gasteiger partial charge in [0.25, 0.3) is 0 Å². The lowest BCUT2D eigenvalue weighted by Gasteiger charge is -2.12. The lowest BCUT2D eigenvalue weighted by atomic mass is 10.2. The molecule has 16 heavy (non-hydrogen) atoms. The molecule has 0 aliphatic rings. The quantitative estimate of drug-likeness (QED) is 0.453. The molecule has 1 amide bonds. The Labute approximate surface area is 92.8 Å². The van der Waals surface area contributed by atoms with Crippen LogP contribution >= 0.6 is 0 Å². The first-order valence-electron chi connectivity index (χ1n) is 4.28.